The van der Waals surface area contributed by atoms with E-state index in [1.54, 1.807) is 6.92 Å². The molecule has 1 atom stereocenters. The third kappa shape index (κ3) is 9.44. The van der Waals surface area contributed by atoms with E-state index in [1.807, 2.05) is 37.3 Å². The Morgan fingerprint density at radius 3 is 2.50 bits per heavy atom. The zero-order valence-electron chi connectivity index (χ0n) is 15.0. The van der Waals surface area contributed by atoms with Gasteiger partial charge in [0.2, 0.25) is 0 Å². The highest BCUT2D eigenvalue weighted by Crippen LogP contribution is 2.20. The number of hydrogen-bond acceptors (Lipinski definition) is 3. The topological polar surface area (TPSA) is 65.9 Å². The first-order valence-electron chi connectivity index (χ1n) is 8.48. The molecule has 0 amide bonds. The van der Waals surface area contributed by atoms with Crippen LogP contribution in [-0.2, 0) is 10.3 Å². The molecule has 0 heterocycles. The van der Waals surface area contributed by atoms with E-state index in [-0.39, 0.29) is 24.0 Å². The average molecular weight is 449 g/mol. The number of aliphatic hydroxyl groups is 1. The molecule has 0 bridgehead atoms. The van der Waals surface area contributed by atoms with Crippen molar-refractivity contribution in [2.45, 2.75) is 39.2 Å². The molecule has 0 saturated heterocycles. The van der Waals surface area contributed by atoms with Crippen LogP contribution in [0.5, 0.6) is 0 Å². The van der Waals surface area contributed by atoms with Crippen LogP contribution in [0.4, 0.5) is 0 Å². The molecule has 0 aliphatic heterocycles. The van der Waals surface area contributed by atoms with Crippen LogP contribution >= 0.6 is 24.0 Å². The summed E-state index contributed by atoms with van der Waals surface area (Å²) in [6, 6.07) is 9.61. The number of nitrogens with one attached hydrogen (secondary N) is 2. The Balaban J connectivity index is 0.00000529. The van der Waals surface area contributed by atoms with Crippen molar-refractivity contribution < 1.29 is 9.84 Å². The van der Waals surface area contributed by atoms with E-state index >= 15 is 0 Å². The summed E-state index contributed by atoms with van der Waals surface area (Å²) in [5, 5.41) is 17.0. The average Bonchev–Trinajstić information content (AvgIpc) is 2.56. The molecule has 1 rings (SSSR count). The molecule has 6 heteroatoms. The van der Waals surface area contributed by atoms with Gasteiger partial charge in [0.15, 0.2) is 5.96 Å². The molecule has 0 aromatic heterocycles. The number of nitrogens with zero attached hydrogens (tertiary/aromatic N) is 1. The molecule has 0 saturated carbocycles. The van der Waals surface area contributed by atoms with Gasteiger partial charge in [-0.15, -0.1) is 24.0 Å². The molecule has 0 spiro atoms. The van der Waals surface area contributed by atoms with Crippen LogP contribution in [0.3, 0.4) is 0 Å². The molecule has 0 fully saturated rings. The lowest BCUT2D eigenvalue weighted by molar-refractivity contribution is 0.0672. The number of ether oxygens (including phenoxy) is 1. The first-order chi connectivity index (χ1) is 11.1. The van der Waals surface area contributed by atoms with Crippen molar-refractivity contribution in [1.29, 1.82) is 0 Å². The Morgan fingerprint density at radius 2 is 1.88 bits per heavy atom. The number of aliphatic imine (C=N–C) groups is 1. The molecule has 3 N–H and O–H groups in total. The first kappa shape index (κ1) is 23.1. The smallest absolute Gasteiger partial charge is 0.191 e. The van der Waals surface area contributed by atoms with Crippen LogP contribution in [0.25, 0.3) is 0 Å². The molecule has 138 valence electrons. The van der Waals surface area contributed by atoms with Crippen LogP contribution < -0.4 is 10.6 Å². The van der Waals surface area contributed by atoms with Crippen molar-refractivity contribution in [3.8, 4) is 0 Å². The van der Waals surface area contributed by atoms with Crippen LogP contribution in [0.15, 0.2) is 35.3 Å². The van der Waals surface area contributed by atoms with Crippen molar-refractivity contribution in [2.24, 2.45) is 4.99 Å². The number of guanidine groups is 1. The Hall–Kier alpha value is -0.860. The molecule has 5 nitrogen and oxygen atoms in total. The van der Waals surface area contributed by atoms with E-state index in [9.17, 15) is 5.11 Å². The second-order valence-corrected chi connectivity index (χ2v) is 5.73. The normalized spacial score (nSPS) is 13.8. The molecular weight excluding hydrogens is 417 g/mol. The van der Waals surface area contributed by atoms with E-state index in [0.717, 1.165) is 31.6 Å². The van der Waals surface area contributed by atoms with Crippen LogP contribution in [0, 0.1) is 0 Å². The third-order valence-electron chi connectivity index (χ3n) is 3.47. The van der Waals surface area contributed by atoms with Gasteiger partial charge in [-0.1, -0.05) is 43.7 Å². The summed E-state index contributed by atoms with van der Waals surface area (Å²) in [6.07, 6.45) is 2.24. The molecule has 24 heavy (non-hydrogen) atoms. The maximum Gasteiger partial charge on any atom is 0.191 e. The fraction of sp³-hybridized carbons (Fsp3) is 0.611. The highest BCUT2D eigenvalue weighted by atomic mass is 127. The first-order valence-corrected chi connectivity index (χ1v) is 8.48. The summed E-state index contributed by atoms with van der Waals surface area (Å²) in [6.45, 7) is 9.17. The number of halogens is 1. The SMILES string of the molecule is CCCCOCCNC(=NCC(C)(O)c1ccccc1)NCC.I. The number of rotatable bonds is 10. The second kappa shape index (κ2) is 13.4. The predicted molar refractivity (Wildman–Crippen MR) is 111 cm³/mol. The number of unbranched alkanes of at least 4 members (excludes halogenated alkanes) is 1. The van der Waals surface area contributed by atoms with E-state index in [4.69, 9.17) is 4.74 Å². The van der Waals surface area contributed by atoms with E-state index in [0.29, 0.717) is 25.7 Å². The standard InChI is InChI=1S/C18H31N3O2.HI/c1-4-6-13-23-14-12-20-17(19-5-2)21-15-18(3,22)16-10-8-7-9-11-16;/h7-11,22H,4-6,12-15H2,1-3H3,(H2,19,20,21);1H. The maximum absolute atomic E-state index is 10.6. The van der Waals surface area contributed by atoms with Crippen molar-refractivity contribution in [1.82, 2.24) is 10.6 Å². The van der Waals surface area contributed by atoms with E-state index in [2.05, 4.69) is 22.5 Å². The van der Waals surface area contributed by atoms with Crippen molar-refractivity contribution >= 4 is 29.9 Å². The van der Waals surface area contributed by atoms with Gasteiger partial charge in [-0.3, -0.25) is 0 Å². The summed E-state index contributed by atoms with van der Waals surface area (Å²) in [4.78, 5) is 4.48. The second-order valence-electron chi connectivity index (χ2n) is 5.73. The maximum atomic E-state index is 10.6. The summed E-state index contributed by atoms with van der Waals surface area (Å²) in [5.74, 6) is 0.697. The van der Waals surface area contributed by atoms with Gasteiger partial charge in [-0.2, -0.15) is 0 Å². The van der Waals surface area contributed by atoms with Gasteiger partial charge in [-0.05, 0) is 25.8 Å². The zero-order valence-corrected chi connectivity index (χ0v) is 17.4. The monoisotopic (exact) mass is 449 g/mol. The molecular formula is C18H32IN3O2. The Kier molecular flexibility index (Phi) is 13.0. The van der Waals surface area contributed by atoms with Gasteiger partial charge >= 0.3 is 0 Å². The fourth-order valence-electron chi connectivity index (χ4n) is 2.05. The summed E-state index contributed by atoms with van der Waals surface area (Å²) < 4.78 is 5.52. The highest BCUT2D eigenvalue weighted by Gasteiger charge is 2.22. The van der Waals surface area contributed by atoms with Gasteiger partial charge in [-0.25, -0.2) is 4.99 Å². The molecule has 0 aliphatic carbocycles. The Morgan fingerprint density at radius 1 is 1.17 bits per heavy atom. The third-order valence-corrected chi connectivity index (χ3v) is 3.47. The Bertz CT molecular complexity index is 453. The molecule has 0 radical (unpaired) electrons. The van der Waals surface area contributed by atoms with Crippen LogP contribution in [-0.4, -0.2) is 43.9 Å². The fourth-order valence-corrected chi connectivity index (χ4v) is 2.05. The zero-order chi connectivity index (χ0) is 17.0. The minimum Gasteiger partial charge on any atom is -0.384 e. The quantitative estimate of drug-likeness (QED) is 0.223. The predicted octanol–water partition coefficient (Wildman–Crippen LogP) is 2.88. The number of benzene rings is 1. The lowest BCUT2D eigenvalue weighted by atomic mass is 9.96. The summed E-state index contributed by atoms with van der Waals surface area (Å²) >= 11 is 0. The number of hydrogen-bond donors (Lipinski definition) is 3. The largest absolute Gasteiger partial charge is 0.384 e. The molecule has 1 aromatic rings. The van der Waals surface area contributed by atoms with Crippen molar-refractivity contribution in [3.05, 3.63) is 35.9 Å². The summed E-state index contributed by atoms with van der Waals surface area (Å²) in [7, 11) is 0. The lowest BCUT2D eigenvalue weighted by Crippen LogP contribution is -2.40. The van der Waals surface area contributed by atoms with Gasteiger partial charge in [0.1, 0.15) is 5.60 Å². The Labute approximate surface area is 163 Å². The van der Waals surface area contributed by atoms with Gasteiger partial charge < -0.3 is 20.5 Å². The molecule has 1 aromatic carbocycles. The van der Waals surface area contributed by atoms with E-state index in [1.165, 1.54) is 0 Å². The van der Waals surface area contributed by atoms with Gasteiger partial charge in [0, 0.05) is 19.7 Å². The summed E-state index contributed by atoms with van der Waals surface area (Å²) in [5.41, 5.74) is -0.121. The minimum absolute atomic E-state index is 0. The minimum atomic E-state index is -0.985. The highest BCUT2D eigenvalue weighted by molar-refractivity contribution is 14.0. The van der Waals surface area contributed by atoms with E-state index < -0.39 is 5.60 Å². The lowest BCUT2D eigenvalue weighted by Gasteiger charge is -2.22. The van der Waals surface area contributed by atoms with Crippen molar-refractivity contribution in [2.75, 3.05) is 32.8 Å². The molecule has 1 unspecified atom stereocenters. The van der Waals surface area contributed by atoms with Crippen LogP contribution in [0.1, 0.15) is 39.2 Å². The van der Waals surface area contributed by atoms with Gasteiger partial charge in [0.25, 0.3) is 0 Å². The van der Waals surface area contributed by atoms with Crippen molar-refractivity contribution in [3.63, 3.8) is 0 Å². The molecule has 0 aliphatic rings. The van der Waals surface area contributed by atoms with Crippen LogP contribution in [0.2, 0.25) is 0 Å². The van der Waals surface area contributed by atoms with Gasteiger partial charge in [0.05, 0.1) is 13.2 Å².